The summed E-state index contributed by atoms with van der Waals surface area (Å²) in [5, 5.41) is 2.78. The number of likely N-dealkylation sites (tertiary alicyclic amines) is 1. The standard InChI is InChI=1S/C21H23BrN2O3/c22-16-9-11-17(12-10-16)23-20(25)15-27-19-8-4-3-7-18(19)21(26)24-13-5-1-2-6-14-24/h3-4,7-12H,1-2,5-6,13-15H2,(H,23,25). The molecule has 27 heavy (non-hydrogen) atoms. The number of rotatable bonds is 5. The number of nitrogens with zero attached hydrogens (tertiary/aromatic N) is 1. The molecule has 1 aliphatic heterocycles. The van der Waals surface area contributed by atoms with E-state index >= 15 is 0 Å². The van der Waals surface area contributed by atoms with Gasteiger partial charge >= 0.3 is 0 Å². The molecule has 2 aromatic carbocycles. The Kier molecular flexibility index (Phi) is 6.87. The molecular formula is C21H23BrN2O3. The van der Waals surface area contributed by atoms with Crippen molar-refractivity contribution in [3.05, 3.63) is 58.6 Å². The van der Waals surface area contributed by atoms with Gasteiger partial charge in [0, 0.05) is 23.2 Å². The fourth-order valence-corrected chi connectivity index (χ4v) is 3.35. The number of hydrogen-bond donors (Lipinski definition) is 1. The first-order chi connectivity index (χ1) is 13.1. The van der Waals surface area contributed by atoms with E-state index in [-0.39, 0.29) is 18.4 Å². The molecule has 1 N–H and O–H groups in total. The van der Waals surface area contributed by atoms with Gasteiger partial charge in [0.2, 0.25) is 0 Å². The van der Waals surface area contributed by atoms with Crippen molar-refractivity contribution in [3.63, 3.8) is 0 Å². The van der Waals surface area contributed by atoms with Crippen LogP contribution >= 0.6 is 15.9 Å². The van der Waals surface area contributed by atoms with Gasteiger partial charge in [0.15, 0.2) is 6.61 Å². The van der Waals surface area contributed by atoms with Crippen LogP contribution in [0.3, 0.4) is 0 Å². The van der Waals surface area contributed by atoms with Crippen LogP contribution in [0.5, 0.6) is 5.75 Å². The number of para-hydroxylation sites is 1. The molecule has 0 unspecified atom stereocenters. The van der Waals surface area contributed by atoms with E-state index in [2.05, 4.69) is 21.2 Å². The Morgan fingerprint density at radius 3 is 2.33 bits per heavy atom. The molecule has 0 aromatic heterocycles. The molecular weight excluding hydrogens is 408 g/mol. The maximum Gasteiger partial charge on any atom is 0.262 e. The third kappa shape index (κ3) is 5.57. The minimum absolute atomic E-state index is 0.0270. The van der Waals surface area contributed by atoms with Crippen molar-refractivity contribution in [1.82, 2.24) is 4.90 Å². The van der Waals surface area contributed by atoms with Crippen molar-refractivity contribution >= 4 is 33.4 Å². The average Bonchev–Trinajstić information content (AvgIpc) is 2.97. The minimum Gasteiger partial charge on any atom is -0.483 e. The number of carbonyl (C=O) groups is 2. The van der Waals surface area contributed by atoms with Crippen LogP contribution in [-0.2, 0) is 4.79 Å². The highest BCUT2D eigenvalue weighted by atomic mass is 79.9. The summed E-state index contributed by atoms with van der Waals surface area (Å²) in [5.74, 6) is 0.146. The van der Waals surface area contributed by atoms with Crippen molar-refractivity contribution in [1.29, 1.82) is 0 Å². The molecule has 2 amide bonds. The molecule has 1 heterocycles. The van der Waals surface area contributed by atoms with Crippen LogP contribution in [0.15, 0.2) is 53.0 Å². The van der Waals surface area contributed by atoms with E-state index < -0.39 is 0 Å². The van der Waals surface area contributed by atoms with Gasteiger partial charge in [-0.3, -0.25) is 9.59 Å². The highest BCUT2D eigenvalue weighted by Gasteiger charge is 2.20. The first-order valence-electron chi connectivity index (χ1n) is 9.20. The van der Waals surface area contributed by atoms with Crippen molar-refractivity contribution in [2.45, 2.75) is 25.7 Å². The molecule has 0 radical (unpaired) electrons. The largest absolute Gasteiger partial charge is 0.483 e. The molecule has 3 rings (SSSR count). The molecule has 1 aliphatic rings. The smallest absolute Gasteiger partial charge is 0.262 e. The summed E-state index contributed by atoms with van der Waals surface area (Å²) in [6.45, 7) is 1.40. The number of carbonyl (C=O) groups excluding carboxylic acids is 2. The van der Waals surface area contributed by atoms with E-state index in [9.17, 15) is 9.59 Å². The van der Waals surface area contributed by atoms with Crippen LogP contribution in [0, 0.1) is 0 Å². The van der Waals surface area contributed by atoms with Crippen LogP contribution in [0.4, 0.5) is 5.69 Å². The predicted molar refractivity (Wildman–Crippen MR) is 109 cm³/mol. The number of halogens is 1. The molecule has 0 spiro atoms. The second-order valence-corrected chi connectivity index (χ2v) is 7.46. The zero-order valence-corrected chi connectivity index (χ0v) is 16.7. The van der Waals surface area contributed by atoms with Gasteiger partial charge < -0.3 is 15.0 Å². The van der Waals surface area contributed by atoms with Gasteiger partial charge in [-0.2, -0.15) is 0 Å². The Morgan fingerprint density at radius 1 is 0.963 bits per heavy atom. The zero-order valence-electron chi connectivity index (χ0n) is 15.1. The van der Waals surface area contributed by atoms with E-state index in [0.717, 1.165) is 43.2 Å². The van der Waals surface area contributed by atoms with E-state index in [1.165, 1.54) is 0 Å². The first-order valence-corrected chi connectivity index (χ1v) is 9.99. The topological polar surface area (TPSA) is 58.6 Å². The second kappa shape index (κ2) is 9.55. The van der Waals surface area contributed by atoms with Crippen LogP contribution in [0.25, 0.3) is 0 Å². The highest BCUT2D eigenvalue weighted by molar-refractivity contribution is 9.10. The lowest BCUT2D eigenvalue weighted by Gasteiger charge is -2.21. The van der Waals surface area contributed by atoms with Crippen molar-refractivity contribution in [2.24, 2.45) is 0 Å². The summed E-state index contributed by atoms with van der Waals surface area (Å²) in [6.07, 6.45) is 4.39. The minimum atomic E-state index is -0.269. The quantitative estimate of drug-likeness (QED) is 0.760. The molecule has 0 saturated carbocycles. The van der Waals surface area contributed by atoms with Crippen molar-refractivity contribution < 1.29 is 14.3 Å². The lowest BCUT2D eigenvalue weighted by molar-refractivity contribution is -0.118. The van der Waals surface area contributed by atoms with E-state index in [0.29, 0.717) is 17.0 Å². The Morgan fingerprint density at radius 2 is 1.63 bits per heavy atom. The van der Waals surface area contributed by atoms with Crippen LogP contribution in [-0.4, -0.2) is 36.4 Å². The Hall–Kier alpha value is -2.34. The normalized spacial score (nSPS) is 14.3. The molecule has 1 fully saturated rings. The van der Waals surface area contributed by atoms with Gasteiger partial charge in [-0.25, -0.2) is 0 Å². The first kappa shape index (κ1) is 19.4. The van der Waals surface area contributed by atoms with Gasteiger partial charge in [0.05, 0.1) is 5.56 Å². The van der Waals surface area contributed by atoms with E-state index in [4.69, 9.17) is 4.74 Å². The monoisotopic (exact) mass is 430 g/mol. The van der Waals surface area contributed by atoms with Crippen LogP contribution in [0.2, 0.25) is 0 Å². The average molecular weight is 431 g/mol. The number of hydrogen-bond acceptors (Lipinski definition) is 3. The third-order valence-corrected chi connectivity index (χ3v) is 5.03. The van der Waals surface area contributed by atoms with Gasteiger partial charge in [0.1, 0.15) is 5.75 Å². The van der Waals surface area contributed by atoms with Gasteiger partial charge in [-0.05, 0) is 49.2 Å². The molecule has 2 aromatic rings. The molecule has 0 atom stereocenters. The summed E-state index contributed by atoms with van der Waals surface area (Å²) >= 11 is 3.36. The lowest BCUT2D eigenvalue weighted by Crippen LogP contribution is -2.32. The van der Waals surface area contributed by atoms with Crippen LogP contribution < -0.4 is 10.1 Å². The SMILES string of the molecule is O=C(COc1ccccc1C(=O)N1CCCCCC1)Nc1ccc(Br)cc1. The molecule has 5 nitrogen and oxygen atoms in total. The predicted octanol–water partition coefficient (Wildman–Crippen LogP) is 4.48. The maximum absolute atomic E-state index is 12.9. The summed E-state index contributed by atoms with van der Waals surface area (Å²) in [4.78, 5) is 26.9. The number of benzene rings is 2. The van der Waals surface area contributed by atoms with Crippen molar-refractivity contribution in [2.75, 3.05) is 25.0 Å². The Labute approximate surface area is 167 Å². The lowest BCUT2D eigenvalue weighted by atomic mass is 10.1. The fourth-order valence-electron chi connectivity index (χ4n) is 3.09. The van der Waals surface area contributed by atoms with Gasteiger partial charge in [-0.1, -0.05) is 40.9 Å². The third-order valence-electron chi connectivity index (χ3n) is 4.50. The van der Waals surface area contributed by atoms with E-state index in [1.807, 2.05) is 23.1 Å². The van der Waals surface area contributed by atoms with Crippen LogP contribution in [0.1, 0.15) is 36.0 Å². The van der Waals surface area contributed by atoms with E-state index in [1.54, 1.807) is 30.3 Å². The molecule has 6 heteroatoms. The summed E-state index contributed by atoms with van der Waals surface area (Å²) in [7, 11) is 0. The maximum atomic E-state index is 12.9. The summed E-state index contributed by atoms with van der Waals surface area (Å²) in [5.41, 5.74) is 1.21. The van der Waals surface area contributed by atoms with Gasteiger partial charge in [-0.15, -0.1) is 0 Å². The van der Waals surface area contributed by atoms with Gasteiger partial charge in [0.25, 0.3) is 11.8 Å². The highest BCUT2D eigenvalue weighted by Crippen LogP contribution is 2.22. The molecule has 0 aliphatic carbocycles. The Bertz CT molecular complexity index is 784. The zero-order chi connectivity index (χ0) is 19.1. The number of nitrogens with one attached hydrogen (secondary N) is 1. The fraction of sp³-hybridized carbons (Fsp3) is 0.333. The molecule has 142 valence electrons. The summed E-state index contributed by atoms with van der Waals surface area (Å²) < 4.78 is 6.61. The number of amides is 2. The number of ether oxygens (including phenoxy) is 1. The second-order valence-electron chi connectivity index (χ2n) is 6.55. The van der Waals surface area contributed by atoms with Crippen molar-refractivity contribution in [3.8, 4) is 5.75 Å². The molecule has 1 saturated heterocycles. The molecule has 0 bridgehead atoms. The Balaban J connectivity index is 1.62. The summed E-state index contributed by atoms with van der Waals surface area (Å²) in [6, 6.07) is 14.4. The number of anilines is 1.